The highest BCUT2D eigenvalue weighted by atomic mass is 16.3. The largest absolute Gasteiger partial charge is 0.392 e. The Hall–Kier alpha value is -1.97. The summed E-state index contributed by atoms with van der Waals surface area (Å²) in [5.41, 5.74) is 4.82. The van der Waals surface area contributed by atoms with Gasteiger partial charge in [-0.3, -0.25) is 4.79 Å². The van der Waals surface area contributed by atoms with Crippen molar-refractivity contribution in [1.82, 2.24) is 4.90 Å². The van der Waals surface area contributed by atoms with Gasteiger partial charge in [0.05, 0.1) is 6.10 Å². The molecule has 3 nitrogen and oxygen atoms in total. The molecule has 3 atom stereocenters. The highest BCUT2D eigenvalue weighted by molar-refractivity contribution is 5.84. The second kappa shape index (κ2) is 8.81. The van der Waals surface area contributed by atoms with Crippen molar-refractivity contribution < 1.29 is 9.90 Å². The van der Waals surface area contributed by atoms with Gasteiger partial charge in [0, 0.05) is 18.9 Å². The zero-order valence-electron chi connectivity index (χ0n) is 16.7. The van der Waals surface area contributed by atoms with E-state index >= 15 is 0 Å². The van der Waals surface area contributed by atoms with Crippen LogP contribution in [0.1, 0.15) is 47.4 Å². The molecule has 0 amide bonds. The molecule has 0 spiro atoms. The van der Waals surface area contributed by atoms with Crippen molar-refractivity contribution in [3.63, 3.8) is 0 Å². The lowest BCUT2D eigenvalue weighted by molar-refractivity contribution is -0.127. The fourth-order valence-corrected chi connectivity index (χ4v) is 4.10. The number of hydrogen-bond acceptors (Lipinski definition) is 3. The molecule has 0 aliphatic heterocycles. The number of carbonyl (C=O) groups excluding carboxylic acids is 1. The molecule has 1 N–H and O–H groups in total. The quantitative estimate of drug-likeness (QED) is 0.837. The first kappa shape index (κ1) is 19.8. The van der Waals surface area contributed by atoms with Crippen molar-refractivity contribution in [1.29, 1.82) is 0 Å². The number of ketones is 1. The molecule has 27 heavy (non-hydrogen) atoms. The number of aryl methyl sites for hydroxylation is 1. The zero-order valence-corrected chi connectivity index (χ0v) is 16.7. The normalized spacial score (nSPS) is 22.8. The molecule has 1 fully saturated rings. The van der Waals surface area contributed by atoms with Crippen molar-refractivity contribution >= 4 is 5.78 Å². The van der Waals surface area contributed by atoms with E-state index in [1.165, 1.54) is 16.7 Å². The molecule has 3 heteroatoms. The smallest absolute Gasteiger partial charge is 0.142 e. The van der Waals surface area contributed by atoms with Crippen molar-refractivity contribution in [2.24, 2.45) is 5.92 Å². The average Bonchev–Trinajstić information content (AvgIpc) is 2.64. The van der Waals surface area contributed by atoms with E-state index in [2.05, 4.69) is 43.3 Å². The zero-order chi connectivity index (χ0) is 19.4. The third-order valence-corrected chi connectivity index (χ3v) is 5.68. The molecular formula is C24H31NO2. The number of aliphatic hydroxyl groups excluding tert-OH is 1. The molecule has 0 bridgehead atoms. The van der Waals surface area contributed by atoms with Gasteiger partial charge in [0.1, 0.15) is 5.78 Å². The van der Waals surface area contributed by atoms with E-state index in [4.69, 9.17) is 0 Å². The minimum Gasteiger partial charge on any atom is -0.392 e. The molecule has 144 valence electrons. The molecule has 0 heterocycles. The Balaban J connectivity index is 1.66. The molecule has 1 aliphatic rings. The monoisotopic (exact) mass is 365 g/mol. The molecule has 2 aromatic rings. The molecule has 0 saturated heterocycles. The van der Waals surface area contributed by atoms with Crippen LogP contribution < -0.4 is 0 Å². The van der Waals surface area contributed by atoms with E-state index in [-0.39, 0.29) is 11.7 Å². The molecule has 2 aromatic carbocycles. The van der Waals surface area contributed by atoms with Gasteiger partial charge in [0.25, 0.3) is 0 Å². The fraction of sp³-hybridized carbons (Fsp3) is 0.458. The van der Waals surface area contributed by atoms with Crippen molar-refractivity contribution in [3.05, 3.63) is 70.8 Å². The van der Waals surface area contributed by atoms with Gasteiger partial charge < -0.3 is 10.0 Å². The summed E-state index contributed by atoms with van der Waals surface area (Å²) < 4.78 is 0. The number of benzene rings is 2. The predicted molar refractivity (Wildman–Crippen MR) is 110 cm³/mol. The lowest BCUT2D eigenvalue weighted by Crippen LogP contribution is -2.35. The Morgan fingerprint density at radius 1 is 1.00 bits per heavy atom. The first-order chi connectivity index (χ1) is 12.9. The summed E-state index contributed by atoms with van der Waals surface area (Å²) in [4.78, 5) is 15.0. The molecule has 1 saturated carbocycles. The third kappa shape index (κ3) is 5.27. The van der Waals surface area contributed by atoms with E-state index in [1.54, 1.807) is 0 Å². The second-order valence-corrected chi connectivity index (χ2v) is 8.29. The van der Waals surface area contributed by atoms with E-state index in [0.717, 1.165) is 24.9 Å². The van der Waals surface area contributed by atoms with Gasteiger partial charge in [-0.15, -0.1) is 0 Å². The third-order valence-electron chi connectivity index (χ3n) is 5.68. The Morgan fingerprint density at radius 3 is 2.26 bits per heavy atom. The van der Waals surface area contributed by atoms with Crippen molar-refractivity contribution in [3.8, 4) is 0 Å². The Bertz CT molecular complexity index is 749. The number of nitrogens with zero attached hydrogens (tertiary/aromatic N) is 1. The first-order valence-electron chi connectivity index (χ1n) is 9.92. The maximum Gasteiger partial charge on any atom is 0.142 e. The average molecular weight is 366 g/mol. The summed E-state index contributed by atoms with van der Waals surface area (Å²) >= 11 is 0. The van der Waals surface area contributed by atoms with Crippen LogP contribution in [-0.2, 0) is 17.8 Å². The topological polar surface area (TPSA) is 40.5 Å². The van der Waals surface area contributed by atoms with Crippen LogP contribution >= 0.6 is 0 Å². The second-order valence-electron chi connectivity index (χ2n) is 8.29. The maximum atomic E-state index is 12.8. The summed E-state index contributed by atoms with van der Waals surface area (Å²) in [5.74, 6) is 0.264. The lowest BCUT2D eigenvalue weighted by Gasteiger charge is -2.33. The van der Waals surface area contributed by atoms with Crippen LogP contribution in [0.15, 0.2) is 48.5 Å². The first-order valence-corrected chi connectivity index (χ1v) is 9.92. The Labute approximate surface area is 163 Å². The molecule has 0 radical (unpaired) electrons. The SMILES string of the molecule is Cc1ccc(CC(=O)C2CC(c3ccc(CN(C)C)cc3)CCC2O)cc1. The summed E-state index contributed by atoms with van der Waals surface area (Å²) in [6, 6.07) is 16.9. The molecular weight excluding hydrogens is 334 g/mol. The Kier molecular flexibility index (Phi) is 6.46. The standard InChI is InChI=1S/C24H31NO2/c1-17-4-6-18(7-5-17)14-24(27)22-15-21(12-13-23(22)26)20-10-8-19(9-11-20)16-25(2)3/h4-11,21-23,26H,12-16H2,1-3H3. The minimum absolute atomic E-state index is 0.167. The predicted octanol–water partition coefficient (Wildman–Crippen LogP) is 4.11. The van der Waals surface area contributed by atoms with Gasteiger partial charge >= 0.3 is 0 Å². The van der Waals surface area contributed by atoms with Gasteiger partial charge in [0.2, 0.25) is 0 Å². The summed E-state index contributed by atoms with van der Waals surface area (Å²) in [6.45, 7) is 2.98. The van der Waals surface area contributed by atoms with Crippen LogP contribution in [0.4, 0.5) is 0 Å². The number of carbonyl (C=O) groups is 1. The lowest BCUT2D eigenvalue weighted by atomic mass is 9.74. The summed E-state index contributed by atoms with van der Waals surface area (Å²) in [7, 11) is 4.14. The van der Waals surface area contributed by atoms with E-state index in [1.807, 2.05) is 31.2 Å². The minimum atomic E-state index is -0.507. The molecule has 3 unspecified atom stereocenters. The fourth-order valence-electron chi connectivity index (χ4n) is 4.10. The number of Topliss-reactive ketones (excluding diaryl/α,β-unsaturated/α-hetero) is 1. The number of rotatable bonds is 6. The van der Waals surface area contributed by atoms with Gasteiger partial charge in [0.15, 0.2) is 0 Å². The van der Waals surface area contributed by atoms with E-state index in [9.17, 15) is 9.90 Å². The molecule has 0 aromatic heterocycles. The highest BCUT2D eigenvalue weighted by Gasteiger charge is 2.34. The van der Waals surface area contributed by atoms with Crippen LogP contribution in [0, 0.1) is 12.8 Å². The molecule has 1 aliphatic carbocycles. The van der Waals surface area contributed by atoms with E-state index < -0.39 is 6.10 Å². The van der Waals surface area contributed by atoms with Crippen LogP contribution in [0.5, 0.6) is 0 Å². The summed E-state index contributed by atoms with van der Waals surface area (Å²) in [5, 5.41) is 10.4. The van der Waals surface area contributed by atoms with Crippen molar-refractivity contribution in [2.45, 2.75) is 51.2 Å². The molecule has 3 rings (SSSR count). The number of aliphatic hydroxyl groups is 1. The highest BCUT2D eigenvalue weighted by Crippen LogP contribution is 2.37. The van der Waals surface area contributed by atoms with Gasteiger partial charge in [-0.05, 0) is 62.9 Å². The van der Waals surface area contributed by atoms with E-state index in [0.29, 0.717) is 18.8 Å². The van der Waals surface area contributed by atoms with Crippen LogP contribution in [-0.4, -0.2) is 36.0 Å². The van der Waals surface area contributed by atoms with Gasteiger partial charge in [-0.1, -0.05) is 54.1 Å². The Morgan fingerprint density at radius 2 is 1.63 bits per heavy atom. The van der Waals surface area contributed by atoms with Crippen LogP contribution in [0.25, 0.3) is 0 Å². The van der Waals surface area contributed by atoms with Crippen LogP contribution in [0.3, 0.4) is 0 Å². The van der Waals surface area contributed by atoms with Crippen LogP contribution in [0.2, 0.25) is 0 Å². The van der Waals surface area contributed by atoms with Gasteiger partial charge in [-0.2, -0.15) is 0 Å². The maximum absolute atomic E-state index is 12.8. The number of hydrogen-bond donors (Lipinski definition) is 1. The summed E-state index contributed by atoms with van der Waals surface area (Å²) in [6.07, 6.45) is 2.30. The van der Waals surface area contributed by atoms with Crippen molar-refractivity contribution in [2.75, 3.05) is 14.1 Å². The van der Waals surface area contributed by atoms with Gasteiger partial charge in [-0.25, -0.2) is 0 Å².